The standard InChI is InChI=1S/C25H23ClF5N9O2/c26-17-9-14(1-2-15(17)24(42)38-7-5-37(6-8-38)20(41)10-32)35-22-23-34-11-18(40(23)4-3-33-22)16-12-39(13-19(27)28)36-21(16)25(29,30)31/h1-4,9,11-12,19H,5-8,10,13,32H2,(H,33,35). The van der Waals surface area contributed by atoms with Gasteiger partial charge in [0.05, 0.1) is 34.6 Å². The third-order valence-corrected chi connectivity index (χ3v) is 6.93. The molecule has 2 amide bonds. The van der Waals surface area contributed by atoms with Crippen molar-refractivity contribution in [1.29, 1.82) is 0 Å². The van der Waals surface area contributed by atoms with Crippen LogP contribution in [0.2, 0.25) is 5.02 Å². The van der Waals surface area contributed by atoms with Crippen LogP contribution in [0.5, 0.6) is 0 Å². The Kier molecular flexibility index (Phi) is 8.01. The highest BCUT2D eigenvalue weighted by molar-refractivity contribution is 6.34. The Labute approximate surface area is 239 Å². The van der Waals surface area contributed by atoms with E-state index < -0.39 is 30.4 Å². The number of amides is 2. The van der Waals surface area contributed by atoms with Crippen molar-refractivity contribution >= 4 is 40.6 Å². The molecule has 11 nitrogen and oxygen atoms in total. The lowest BCUT2D eigenvalue weighted by molar-refractivity contribution is -0.141. The van der Waals surface area contributed by atoms with Crippen molar-refractivity contribution in [1.82, 2.24) is 33.9 Å². The zero-order valence-corrected chi connectivity index (χ0v) is 22.4. The number of rotatable bonds is 7. The van der Waals surface area contributed by atoms with Gasteiger partial charge in [0, 0.05) is 50.5 Å². The van der Waals surface area contributed by atoms with Crippen LogP contribution in [0.4, 0.5) is 33.5 Å². The van der Waals surface area contributed by atoms with Crippen LogP contribution in [0.3, 0.4) is 0 Å². The highest BCUT2D eigenvalue weighted by Gasteiger charge is 2.38. The van der Waals surface area contributed by atoms with Crippen molar-refractivity contribution in [2.75, 3.05) is 38.0 Å². The molecule has 4 aromatic rings. The number of anilines is 2. The van der Waals surface area contributed by atoms with Crippen LogP contribution in [0, 0.1) is 0 Å². The predicted molar refractivity (Wildman–Crippen MR) is 141 cm³/mol. The van der Waals surface area contributed by atoms with Gasteiger partial charge in [0.25, 0.3) is 12.3 Å². The maximum Gasteiger partial charge on any atom is 0.435 e. The maximum absolute atomic E-state index is 13.7. The van der Waals surface area contributed by atoms with Gasteiger partial charge in [-0.25, -0.2) is 18.7 Å². The minimum atomic E-state index is -4.90. The molecule has 0 unspecified atom stereocenters. The summed E-state index contributed by atoms with van der Waals surface area (Å²) < 4.78 is 68.6. The number of benzene rings is 1. The number of hydrogen-bond donors (Lipinski definition) is 2. The van der Waals surface area contributed by atoms with E-state index in [4.69, 9.17) is 17.3 Å². The molecule has 0 spiro atoms. The average molecular weight is 612 g/mol. The predicted octanol–water partition coefficient (Wildman–Crippen LogP) is 3.52. The van der Waals surface area contributed by atoms with Gasteiger partial charge in [0.2, 0.25) is 5.91 Å². The number of imidazole rings is 1. The third-order valence-electron chi connectivity index (χ3n) is 6.62. The van der Waals surface area contributed by atoms with Gasteiger partial charge in [-0.05, 0) is 18.2 Å². The van der Waals surface area contributed by atoms with Crippen molar-refractivity contribution < 1.29 is 31.5 Å². The van der Waals surface area contributed by atoms with Crippen LogP contribution in [0.25, 0.3) is 16.9 Å². The minimum absolute atomic E-state index is 0.0319. The van der Waals surface area contributed by atoms with Crippen LogP contribution < -0.4 is 11.1 Å². The van der Waals surface area contributed by atoms with Crippen LogP contribution in [0.15, 0.2) is 43.0 Å². The van der Waals surface area contributed by atoms with E-state index in [1.165, 1.54) is 28.9 Å². The first kappa shape index (κ1) is 29.2. The van der Waals surface area contributed by atoms with E-state index >= 15 is 0 Å². The van der Waals surface area contributed by atoms with Gasteiger partial charge in [0.1, 0.15) is 6.54 Å². The molecule has 222 valence electrons. The minimum Gasteiger partial charge on any atom is -0.338 e. The summed E-state index contributed by atoms with van der Waals surface area (Å²) in [6.45, 7) is 0.268. The van der Waals surface area contributed by atoms with E-state index in [-0.39, 0.29) is 46.1 Å². The average Bonchev–Trinajstić information content (AvgIpc) is 3.57. The fourth-order valence-corrected chi connectivity index (χ4v) is 4.88. The Morgan fingerprint density at radius 3 is 2.45 bits per heavy atom. The Balaban J connectivity index is 1.38. The van der Waals surface area contributed by atoms with Crippen molar-refractivity contribution in [3.8, 4) is 11.3 Å². The van der Waals surface area contributed by atoms with E-state index in [0.717, 1.165) is 12.4 Å². The Morgan fingerprint density at radius 1 is 1.10 bits per heavy atom. The molecule has 1 aliphatic heterocycles. The Bertz CT molecular complexity index is 1630. The van der Waals surface area contributed by atoms with Gasteiger partial charge >= 0.3 is 6.18 Å². The molecular weight excluding hydrogens is 589 g/mol. The van der Waals surface area contributed by atoms with Gasteiger partial charge < -0.3 is 20.9 Å². The van der Waals surface area contributed by atoms with Gasteiger partial charge in [-0.2, -0.15) is 18.3 Å². The number of nitrogens with zero attached hydrogens (tertiary/aromatic N) is 7. The first-order valence-corrected chi connectivity index (χ1v) is 12.9. The fraction of sp³-hybridized carbons (Fsp3) is 0.320. The quantitative estimate of drug-likeness (QED) is 0.306. The number of halogens is 6. The number of carbonyl (C=O) groups excluding carboxylic acids is 2. The molecule has 1 fully saturated rings. The zero-order chi connectivity index (χ0) is 30.2. The highest BCUT2D eigenvalue weighted by Crippen LogP contribution is 2.37. The summed E-state index contributed by atoms with van der Waals surface area (Å²) in [6.07, 6.45) is -3.03. The molecule has 4 heterocycles. The van der Waals surface area contributed by atoms with E-state index in [0.29, 0.717) is 36.5 Å². The first-order valence-electron chi connectivity index (χ1n) is 12.5. The van der Waals surface area contributed by atoms with Crippen molar-refractivity contribution in [2.24, 2.45) is 5.73 Å². The van der Waals surface area contributed by atoms with Crippen molar-refractivity contribution in [2.45, 2.75) is 19.1 Å². The first-order chi connectivity index (χ1) is 20.0. The molecular formula is C25H23ClF5N9O2. The second-order valence-electron chi connectivity index (χ2n) is 9.31. The Hall–Kier alpha value is -4.31. The smallest absolute Gasteiger partial charge is 0.338 e. The zero-order valence-electron chi connectivity index (χ0n) is 21.7. The second kappa shape index (κ2) is 11.5. The largest absolute Gasteiger partial charge is 0.435 e. The molecule has 3 N–H and O–H groups in total. The van der Waals surface area contributed by atoms with Gasteiger partial charge in [-0.1, -0.05) is 11.6 Å². The molecule has 1 aliphatic rings. The second-order valence-corrected chi connectivity index (χ2v) is 9.72. The Morgan fingerprint density at radius 2 is 1.81 bits per heavy atom. The van der Waals surface area contributed by atoms with Crippen molar-refractivity contribution in [3.05, 3.63) is 59.3 Å². The third kappa shape index (κ3) is 5.85. The number of hydrogen-bond acceptors (Lipinski definition) is 7. The molecule has 17 heteroatoms. The molecule has 0 radical (unpaired) electrons. The molecule has 5 rings (SSSR count). The van der Waals surface area contributed by atoms with E-state index in [1.54, 1.807) is 15.9 Å². The lowest BCUT2D eigenvalue weighted by Gasteiger charge is -2.34. The summed E-state index contributed by atoms with van der Waals surface area (Å²) in [7, 11) is 0. The van der Waals surface area contributed by atoms with Gasteiger partial charge in [0.15, 0.2) is 17.2 Å². The lowest BCUT2D eigenvalue weighted by atomic mass is 10.1. The number of alkyl halides is 5. The summed E-state index contributed by atoms with van der Waals surface area (Å²) in [4.78, 5) is 36.4. The van der Waals surface area contributed by atoms with Crippen molar-refractivity contribution in [3.63, 3.8) is 0 Å². The van der Waals surface area contributed by atoms with Crippen LogP contribution >= 0.6 is 11.6 Å². The number of nitrogens with two attached hydrogens (primary N) is 1. The van der Waals surface area contributed by atoms with Gasteiger partial charge in [-0.3, -0.25) is 18.7 Å². The number of fused-ring (bicyclic) bond motifs is 1. The molecule has 0 atom stereocenters. The number of carbonyl (C=O) groups is 2. The molecule has 0 bridgehead atoms. The maximum atomic E-state index is 13.7. The molecule has 0 aliphatic carbocycles. The van der Waals surface area contributed by atoms with Crippen LogP contribution in [-0.4, -0.2) is 84.9 Å². The summed E-state index contributed by atoms with van der Waals surface area (Å²) in [5.74, 6) is -0.336. The summed E-state index contributed by atoms with van der Waals surface area (Å²) >= 11 is 6.43. The molecule has 0 saturated carbocycles. The van der Waals surface area contributed by atoms with E-state index in [1.807, 2.05) is 0 Å². The van der Waals surface area contributed by atoms with E-state index in [9.17, 15) is 31.5 Å². The molecule has 1 aromatic carbocycles. The molecule has 3 aromatic heterocycles. The highest BCUT2D eigenvalue weighted by atomic mass is 35.5. The SMILES string of the molecule is NCC(=O)N1CCN(C(=O)c2ccc(Nc3nccn4c(-c5cn(CC(F)F)nc5C(F)(F)F)cnc34)cc2Cl)CC1. The summed E-state index contributed by atoms with van der Waals surface area (Å²) in [6, 6.07) is 4.60. The normalized spacial score (nSPS) is 14.2. The van der Waals surface area contributed by atoms with Crippen LogP contribution in [-0.2, 0) is 17.5 Å². The lowest BCUT2D eigenvalue weighted by Crippen LogP contribution is -2.51. The van der Waals surface area contributed by atoms with E-state index in [2.05, 4.69) is 20.4 Å². The van der Waals surface area contributed by atoms with Crippen LogP contribution in [0.1, 0.15) is 16.1 Å². The topological polar surface area (TPSA) is 127 Å². The monoisotopic (exact) mass is 611 g/mol. The number of piperazine rings is 1. The number of aromatic nitrogens is 5. The molecule has 42 heavy (non-hydrogen) atoms. The molecule has 1 saturated heterocycles. The summed E-state index contributed by atoms with van der Waals surface area (Å²) in [5.41, 5.74) is 4.43. The number of nitrogens with one attached hydrogen (secondary N) is 1. The fourth-order valence-electron chi connectivity index (χ4n) is 4.62. The summed E-state index contributed by atoms with van der Waals surface area (Å²) in [5, 5.41) is 6.47. The van der Waals surface area contributed by atoms with Gasteiger partial charge in [-0.15, -0.1) is 0 Å².